The van der Waals surface area contributed by atoms with Gasteiger partial charge in [-0.25, -0.2) is 0 Å². The van der Waals surface area contributed by atoms with Crippen LogP contribution in [0.1, 0.15) is 25.8 Å². The minimum absolute atomic E-state index is 0.108. The molecule has 0 aliphatic heterocycles. The number of hydrogen-bond acceptors (Lipinski definition) is 2. The molecular weight excluding hydrogens is 274 g/mol. The minimum Gasteiger partial charge on any atom is -0.354 e. The smallest absolute Gasteiger partial charge is 0.220 e. The number of carbonyl (C=O) groups is 1. The number of amides is 1. The topological polar surface area (TPSA) is 46.9 Å². The lowest BCUT2D eigenvalue weighted by molar-refractivity contribution is -0.121. The van der Waals surface area contributed by atoms with E-state index in [1.807, 2.05) is 32.3 Å². The van der Waals surface area contributed by atoms with E-state index in [1.54, 1.807) is 0 Å². The van der Waals surface area contributed by atoms with Crippen LogP contribution in [0.25, 0.3) is 21.8 Å². The average molecular weight is 295 g/mol. The van der Waals surface area contributed by atoms with Gasteiger partial charge < -0.3 is 9.88 Å². The monoisotopic (exact) mass is 295 g/mol. The Morgan fingerprint density at radius 2 is 2.05 bits per heavy atom. The number of benzene rings is 1. The maximum Gasteiger partial charge on any atom is 0.220 e. The SMILES string of the molecule is CC(C)NC(=O)CCc1ccc2c3cnccc3n(C)c2c1. The molecule has 4 heteroatoms. The largest absolute Gasteiger partial charge is 0.354 e. The van der Waals surface area contributed by atoms with Crippen LogP contribution in [0, 0.1) is 0 Å². The van der Waals surface area contributed by atoms with Gasteiger partial charge in [0.05, 0.1) is 5.52 Å². The van der Waals surface area contributed by atoms with Crippen molar-refractivity contribution in [2.24, 2.45) is 7.05 Å². The number of nitrogens with zero attached hydrogens (tertiary/aromatic N) is 2. The first-order chi connectivity index (χ1) is 10.6. The number of nitrogens with one attached hydrogen (secondary N) is 1. The number of pyridine rings is 1. The predicted molar refractivity (Wildman–Crippen MR) is 89.8 cm³/mol. The van der Waals surface area contributed by atoms with Gasteiger partial charge in [-0.05, 0) is 38.0 Å². The number of aryl methyl sites for hydroxylation is 2. The second-order valence-electron chi connectivity index (χ2n) is 6.03. The highest BCUT2D eigenvalue weighted by Gasteiger charge is 2.09. The first-order valence-electron chi connectivity index (χ1n) is 7.66. The number of hydrogen-bond donors (Lipinski definition) is 1. The third-order valence-corrected chi connectivity index (χ3v) is 3.96. The van der Waals surface area contributed by atoms with Crippen LogP contribution in [0.4, 0.5) is 0 Å². The molecule has 0 bridgehead atoms. The van der Waals surface area contributed by atoms with Crippen molar-refractivity contribution >= 4 is 27.7 Å². The van der Waals surface area contributed by atoms with Crippen molar-refractivity contribution in [1.29, 1.82) is 0 Å². The Labute approximate surface area is 130 Å². The van der Waals surface area contributed by atoms with Crippen LogP contribution in [0.2, 0.25) is 0 Å². The van der Waals surface area contributed by atoms with Gasteiger partial charge in [-0.15, -0.1) is 0 Å². The first kappa shape index (κ1) is 14.6. The van der Waals surface area contributed by atoms with Gasteiger partial charge in [0, 0.05) is 48.2 Å². The van der Waals surface area contributed by atoms with Crippen molar-refractivity contribution in [3.63, 3.8) is 0 Å². The normalized spacial score (nSPS) is 11.5. The quantitative estimate of drug-likeness (QED) is 0.803. The molecule has 1 amide bonds. The lowest BCUT2D eigenvalue weighted by atomic mass is 10.1. The molecule has 3 rings (SSSR count). The fraction of sp³-hybridized carbons (Fsp3) is 0.333. The summed E-state index contributed by atoms with van der Waals surface area (Å²) in [5, 5.41) is 5.31. The van der Waals surface area contributed by atoms with Gasteiger partial charge >= 0.3 is 0 Å². The van der Waals surface area contributed by atoms with Crippen molar-refractivity contribution in [3.8, 4) is 0 Å². The van der Waals surface area contributed by atoms with Crippen molar-refractivity contribution in [1.82, 2.24) is 14.9 Å². The summed E-state index contributed by atoms with van der Waals surface area (Å²) in [7, 11) is 2.07. The van der Waals surface area contributed by atoms with E-state index in [1.165, 1.54) is 27.4 Å². The Hall–Kier alpha value is -2.36. The molecule has 0 saturated carbocycles. The van der Waals surface area contributed by atoms with Crippen LogP contribution in [0.5, 0.6) is 0 Å². The highest BCUT2D eigenvalue weighted by molar-refractivity contribution is 6.07. The van der Waals surface area contributed by atoms with E-state index in [0.29, 0.717) is 6.42 Å². The zero-order valence-corrected chi connectivity index (χ0v) is 13.3. The van der Waals surface area contributed by atoms with Gasteiger partial charge in [-0.2, -0.15) is 0 Å². The molecule has 0 fully saturated rings. The van der Waals surface area contributed by atoms with Crippen molar-refractivity contribution in [2.75, 3.05) is 0 Å². The average Bonchev–Trinajstić information content (AvgIpc) is 2.78. The molecular formula is C18H21N3O. The number of rotatable bonds is 4. The zero-order chi connectivity index (χ0) is 15.7. The van der Waals surface area contributed by atoms with Gasteiger partial charge in [-0.3, -0.25) is 9.78 Å². The highest BCUT2D eigenvalue weighted by Crippen LogP contribution is 2.28. The fourth-order valence-electron chi connectivity index (χ4n) is 2.91. The first-order valence-corrected chi connectivity index (χ1v) is 7.66. The number of fused-ring (bicyclic) bond motifs is 3. The molecule has 0 unspecified atom stereocenters. The Balaban J connectivity index is 1.88. The minimum atomic E-state index is 0.108. The third kappa shape index (κ3) is 2.69. The van der Waals surface area contributed by atoms with E-state index in [0.717, 1.165) is 6.42 Å². The molecule has 0 radical (unpaired) electrons. The fourth-order valence-corrected chi connectivity index (χ4v) is 2.91. The van der Waals surface area contributed by atoms with E-state index < -0.39 is 0 Å². The summed E-state index contributed by atoms with van der Waals surface area (Å²) in [6.45, 7) is 3.96. The van der Waals surface area contributed by atoms with Gasteiger partial charge in [0.15, 0.2) is 0 Å². The molecule has 1 aromatic carbocycles. The molecule has 0 saturated heterocycles. The van der Waals surface area contributed by atoms with Crippen molar-refractivity contribution in [2.45, 2.75) is 32.7 Å². The van der Waals surface area contributed by atoms with Crippen LogP contribution >= 0.6 is 0 Å². The molecule has 22 heavy (non-hydrogen) atoms. The molecule has 1 N–H and O–H groups in total. The lowest BCUT2D eigenvalue weighted by Crippen LogP contribution is -2.30. The molecule has 2 heterocycles. The maximum absolute atomic E-state index is 11.8. The highest BCUT2D eigenvalue weighted by atomic mass is 16.1. The van der Waals surface area contributed by atoms with Crippen LogP contribution < -0.4 is 5.32 Å². The summed E-state index contributed by atoms with van der Waals surface area (Å²) < 4.78 is 2.18. The van der Waals surface area contributed by atoms with E-state index in [-0.39, 0.29) is 11.9 Å². The van der Waals surface area contributed by atoms with Crippen LogP contribution in [-0.4, -0.2) is 21.5 Å². The summed E-state index contributed by atoms with van der Waals surface area (Å²) in [5.74, 6) is 0.108. The second kappa shape index (κ2) is 5.79. The van der Waals surface area contributed by atoms with Gasteiger partial charge in [0.2, 0.25) is 5.91 Å². The van der Waals surface area contributed by atoms with Crippen molar-refractivity contribution < 1.29 is 4.79 Å². The van der Waals surface area contributed by atoms with E-state index in [2.05, 4.69) is 40.1 Å². The molecule has 0 spiro atoms. The Morgan fingerprint density at radius 3 is 2.82 bits per heavy atom. The maximum atomic E-state index is 11.8. The van der Waals surface area contributed by atoms with E-state index in [4.69, 9.17) is 0 Å². The lowest BCUT2D eigenvalue weighted by Gasteiger charge is -2.08. The van der Waals surface area contributed by atoms with Crippen molar-refractivity contribution in [3.05, 3.63) is 42.2 Å². The van der Waals surface area contributed by atoms with Crippen LogP contribution in [0.15, 0.2) is 36.7 Å². The molecule has 114 valence electrons. The molecule has 0 aliphatic rings. The molecule has 2 aromatic heterocycles. The number of aromatic nitrogens is 2. The van der Waals surface area contributed by atoms with Gasteiger partial charge in [0.1, 0.15) is 0 Å². The summed E-state index contributed by atoms with van der Waals surface area (Å²) in [6.07, 6.45) is 5.01. The summed E-state index contributed by atoms with van der Waals surface area (Å²) in [4.78, 5) is 16.0. The Morgan fingerprint density at radius 1 is 1.23 bits per heavy atom. The zero-order valence-electron chi connectivity index (χ0n) is 13.3. The standard InChI is InChI=1S/C18H21N3O/c1-12(2)20-18(22)7-5-13-4-6-14-15-11-19-9-8-16(15)21(3)17(14)10-13/h4,6,8-12H,5,7H2,1-3H3,(H,20,22). The van der Waals surface area contributed by atoms with Crippen LogP contribution in [-0.2, 0) is 18.3 Å². The second-order valence-corrected chi connectivity index (χ2v) is 6.03. The summed E-state index contributed by atoms with van der Waals surface area (Å²) >= 11 is 0. The molecule has 3 aromatic rings. The predicted octanol–water partition coefficient (Wildman–Crippen LogP) is 3.18. The van der Waals surface area contributed by atoms with Crippen LogP contribution in [0.3, 0.4) is 0 Å². The Bertz CT molecular complexity index is 833. The molecule has 0 aliphatic carbocycles. The van der Waals surface area contributed by atoms with Gasteiger partial charge in [0.25, 0.3) is 0 Å². The summed E-state index contributed by atoms with van der Waals surface area (Å²) in [5.41, 5.74) is 3.55. The Kier molecular flexibility index (Phi) is 3.84. The van der Waals surface area contributed by atoms with E-state index >= 15 is 0 Å². The summed E-state index contributed by atoms with van der Waals surface area (Å²) in [6, 6.07) is 8.65. The molecule has 4 nitrogen and oxygen atoms in total. The van der Waals surface area contributed by atoms with Gasteiger partial charge in [-0.1, -0.05) is 12.1 Å². The number of carbonyl (C=O) groups excluding carboxylic acids is 1. The van der Waals surface area contributed by atoms with E-state index in [9.17, 15) is 4.79 Å². The third-order valence-electron chi connectivity index (χ3n) is 3.96. The molecule has 0 atom stereocenters.